The normalized spacial score (nSPS) is 10.3. The lowest BCUT2D eigenvalue weighted by Crippen LogP contribution is -2.12. The zero-order valence-electron chi connectivity index (χ0n) is 9.84. The average Bonchev–Trinajstić information content (AvgIpc) is 2.90. The molecular formula is C12H7BrClNO5. The summed E-state index contributed by atoms with van der Waals surface area (Å²) >= 11 is 8.85. The highest BCUT2D eigenvalue weighted by atomic mass is 79.9. The third kappa shape index (κ3) is 3.17. The molecule has 1 heterocycles. The van der Waals surface area contributed by atoms with Crippen molar-refractivity contribution in [1.29, 1.82) is 0 Å². The van der Waals surface area contributed by atoms with Crippen molar-refractivity contribution in [1.82, 2.24) is 0 Å². The number of carbonyl (C=O) groups is 1. The van der Waals surface area contributed by atoms with Crippen molar-refractivity contribution in [2.75, 3.05) is 6.61 Å². The van der Waals surface area contributed by atoms with Gasteiger partial charge in [-0.1, -0.05) is 11.6 Å². The second-order valence-electron chi connectivity index (χ2n) is 3.68. The van der Waals surface area contributed by atoms with E-state index in [1.165, 1.54) is 18.4 Å². The van der Waals surface area contributed by atoms with E-state index in [4.69, 9.17) is 20.8 Å². The van der Waals surface area contributed by atoms with Gasteiger partial charge < -0.3 is 9.15 Å². The molecule has 1 aromatic heterocycles. The van der Waals surface area contributed by atoms with Crippen LogP contribution in [0.25, 0.3) is 0 Å². The van der Waals surface area contributed by atoms with Gasteiger partial charge in [0.15, 0.2) is 12.4 Å². The van der Waals surface area contributed by atoms with Crippen LogP contribution in [0.2, 0.25) is 5.02 Å². The van der Waals surface area contributed by atoms with Crippen LogP contribution in [0.4, 0.5) is 5.69 Å². The van der Waals surface area contributed by atoms with E-state index in [2.05, 4.69) is 15.9 Å². The highest BCUT2D eigenvalue weighted by Crippen LogP contribution is 2.37. The van der Waals surface area contributed by atoms with Gasteiger partial charge in [0.25, 0.3) is 0 Å². The van der Waals surface area contributed by atoms with Gasteiger partial charge in [0.05, 0.1) is 15.7 Å². The maximum atomic E-state index is 11.7. The first-order chi connectivity index (χ1) is 9.49. The summed E-state index contributed by atoms with van der Waals surface area (Å²) in [5, 5.41) is 11.1. The van der Waals surface area contributed by atoms with Crippen LogP contribution in [0, 0.1) is 10.1 Å². The summed E-state index contributed by atoms with van der Waals surface area (Å²) in [5.41, 5.74) is -0.323. The van der Waals surface area contributed by atoms with Crippen molar-refractivity contribution in [2.45, 2.75) is 0 Å². The highest BCUT2D eigenvalue weighted by Gasteiger charge is 2.21. The predicted molar refractivity (Wildman–Crippen MR) is 74.3 cm³/mol. The molecule has 20 heavy (non-hydrogen) atoms. The summed E-state index contributed by atoms with van der Waals surface area (Å²) in [6.45, 7) is -0.380. The van der Waals surface area contributed by atoms with Gasteiger partial charge in [-0.2, -0.15) is 0 Å². The zero-order chi connectivity index (χ0) is 14.7. The Morgan fingerprint density at radius 1 is 1.50 bits per heavy atom. The molecular weight excluding hydrogens is 353 g/mol. The number of halogens is 2. The van der Waals surface area contributed by atoms with Crippen LogP contribution in [0.3, 0.4) is 0 Å². The van der Waals surface area contributed by atoms with Crippen molar-refractivity contribution >= 4 is 39.0 Å². The number of benzene rings is 1. The van der Waals surface area contributed by atoms with Gasteiger partial charge in [-0.25, -0.2) is 0 Å². The molecule has 104 valence electrons. The molecule has 8 heteroatoms. The molecule has 0 amide bonds. The number of Topliss-reactive ketones (excluding diaryl/α,β-unsaturated/α-hetero) is 1. The second kappa shape index (κ2) is 6.06. The monoisotopic (exact) mass is 359 g/mol. The number of ketones is 1. The van der Waals surface area contributed by atoms with E-state index < -0.39 is 10.7 Å². The molecule has 0 aliphatic heterocycles. The maximum absolute atomic E-state index is 11.7. The van der Waals surface area contributed by atoms with Crippen LogP contribution in [0.15, 0.2) is 39.4 Å². The molecule has 1 aromatic carbocycles. The Labute approximate surface area is 126 Å². The minimum Gasteiger partial charge on any atom is -0.477 e. The van der Waals surface area contributed by atoms with Crippen molar-refractivity contribution in [2.24, 2.45) is 0 Å². The molecule has 0 saturated carbocycles. The number of hydrogen-bond acceptors (Lipinski definition) is 5. The molecule has 6 nitrogen and oxygen atoms in total. The molecule has 0 atom stereocenters. The van der Waals surface area contributed by atoms with E-state index in [9.17, 15) is 14.9 Å². The van der Waals surface area contributed by atoms with Crippen LogP contribution in [0.5, 0.6) is 5.75 Å². The molecule has 0 radical (unpaired) electrons. The highest BCUT2D eigenvalue weighted by molar-refractivity contribution is 9.10. The lowest BCUT2D eigenvalue weighted by molar-refractivity contribution is -0.385. The number of furan rings is 1. The fourth-order valence-electron chi connectivity index (χ4n) is 1.47. The lowest BCUT2D eigenvalue weighted by atomic mass is 10.3. The van der Waals surface area contributed by atoms with E-state index in [1.807, 2.05) is 0 Å². The molecule has 0 saturated heterocycles. The maximum Gasteiger partial charge on any atom is 0.313 e. The number of nitro groups is 1. The third-order valence-electron chi connectivity index (χ3n) is 2.33. The van der Waals surface area contributed by atoms with Gasteiger partial charge in [-0.05, 0) is 34.1 Å². The number of nitro benzene ring substituents is 1. The van der Waals surface area contributed by atoms with Gasteiger partial charge in [-0.3, -0.25) is 14.9 Å². The smallest absolute Gasteiger partial charge is 0.313 e. The molecule has 0 fully saturated rings. The number of nitrogens with zero attached hydrogens (tertiary/aromatic N) is 1. The van der Waals surface area contributed by atoms with Crippen molar-refractivity contribution < 1.29 is 18.9 Å². The number of rotatable bonds is 5. The summed E-state index contributed by atoms with van der Waals surface area (Å²) in [6.07, 6.45) is 1.36. The summed E-state index contributed by atoms with van der Waals surface area (Å²) in [5.74, 6) is -0.358. The number of carbonyl (C=O) groups excluding carboxylic acids is 1. The third-order valence-corrected chi connectivity index (χ3v) is 3.14. The Morgan fingerprint density at radius 2 is 2.25 bits per heavy atom. The van der Waals surface area contributed by atoms with E-state index in [1.54, 1.807) is 6.07 Å². The molecule has 0 bridgehead atoms. The molecule has 0 spiro atoms. The van der Waals surface area contributed by atoms with Gasteiger partial charge in [0.2, 0.25) is 11.5 Å². The summed E-state index contributed by atoms with van der Waals surface area (Å²) in [6, 6.07) is 5.64. The number of ether oxygens (including phenoxy) is 1. The predicted octanol–water partition coefficient (Wildman–Crippen LogP) is 3.87. The molecule has 0 aliphatic rings. The first-order valence-corrected chi connectivity index (χ1v) is 6.49. The number of hydrogen-bond donors (Lipinski definition) is 0. The summed E-state index contributed by atoms with van der Waals surface area (Å²) in [7, 11) is 0. The van der Waals surface area contributed by atoms with Crippen LogP contribution in [0.1, 0.15) is 10.6 Å². The van der Waals surface area contributed by atoms with Gasteiger partial charge in [-0.15, -0.1) is 0 Å². The Bertz CT molecular complexity index is 656. The van der Waals surface area contributed by atoms with Crippen LogP contribution >= 0.6 is 27.5 Å². The fourth-order valence-corrected chi connectivity index (χ4v) is 2.38. The standard InChI is InChI=1S/C12H7BrClNO5/c13-8-4-7(14)5-9(15(17)18)12(8)20-6-10(16)11-2-1-3-19-11/h1-5H,6H2. The van der Waals surface area contributed by atoms with E-state index in [0.717, 1.165) is 6.07 Å². The molecule has 0 unspecified atom stereocenters. The molecule has 0 N–H and O–H groups in total. The largest absolute Gasteiger partial charge is 0.477 e. The quantitative estimate of drug-likeness (QED) is 0.459. The Kier molecular flexibility index (Phi) is 4.41. The topological polar surface area (TPSA) is 82.6 Å². The fraction of sp³-hybridized carbons (Fsp3) is 0.0833. The van der Waals surface area contributed by atoms with Gasteiger partial charge in [0.1, 0.15) is 0 Å². The molecule has 2 aromatic rings. The average molecular weight is 361 g/mol. The lowest BCUT2D eigenvalue weighted by Gasteiger charge is -2.07. The Balaban J connectivity index is 2.21. The van der Waals surface area contributed by atoms with Crippen molar-refractivity contribution in [3.63, 3.8) is 0 Å². The van der Waals surface area contributed by atoms with Gasteiger partial charge >= 0.3 is 5.69 Å². The van der Waals surface area contributed by atoms with E-state index >= 15 is 0 Å². The Morgan fingerprint density at radius 3 is 2.85 bits per heavy atom. The zero-order valence-corrected chi connectivity index (χ0v) is 12.2. The Hall–Kier alpha value is -1.86. The SMILES string of the molecule is O=C(COc1c(Br)cc(Cl)cc1[N+](=O)[O-])c1ccco1. The van der Waals surface area contributed by atoms with Crippen LogP contribution in [-0.2, 0) is 0 Å². The summed E-state index contributed by atoms with van der Waals surface area (Å²) in [4.78, 5) is 22.0. The summed E-state index contributed by atoms with van der Waals surface area (Å²) < 4.78 is 10.4. The van der Waals surface area contributed by atoms with Crippen LogP contribution < -0.4 is 4.74 Å². The van der Waals surface area contributed by atoms with E-state index in [-0.39, 0.29) is 28.8 Å². The minimum absolute atomic E-state index is 0.0562. The molecule has 0 aliphatic carbocycles. The van der Waals surface area contributed by atoms with Crippen molar-refractivity contribution in [3.05, 3.63) is 55.9 Å². The minimum atomic E-state index is -0.636. The van der Waals surface area contributed by atoms with Crippen molar-refractivity contribution in [3.8, 4) is 5.75 Å². The first-order valence-electron chi connectivity index (χ1n) is 5.32. The van der Waals surface area contributed by atoms with Crippen LogP contribution in [-0.4, -0.2) is 17.3 Å². The first kappa shape index (κ1) is 14.5. The second-order valence-corrected chi connectivity index (χ2v) is 4.97. The van der Waals surface area contributed by atoms with Gasteiger partial charge in [0, 0.05) is 11.1 Å². The molecule has 2 rings (SSSR count). The van der Waals surface area contributed by atoms with E-state index in [0.29, 0.717) is 4.47 Å².